The third-order valence-electron chi connectivity index (χ3n) is 14.3. The van der Waals surface area contributed by atoms with E-state index in [0.717, 1.165) is 102 Å². The minimum absolute atomic E-state index is 0.0989. The Labute approximate surface area is 492 Å². The Morgan fingerprint density at radius 3 is 0.840 bits per heavy atom. The number of carbonyl (C=O) groups is 4. The quantitative estimate of drug-likeness (QED) is 0.0222. The molecule has 0 spiro atoms. The van der Waals surface area contributed by atoms with Crippen LogP contribution in [0.1, 0.15) is 311 Å². The fourth-order valence-corrected chi connectivity index (χ4v) is 10.8. The lowest BCUT2D eigenvalue weighted by Crippen LogP contribution is -2.30. The van der Waals surface area contributed by atoms with E-state index in [0.29, 0.717) is 25.7 Å². The first kappa shape index (κ1) is 79.1. The third kappa shape index (κ3) is 56.9. The number of unbranched alkanes of at least 4 members (excludes halogenated alkanes) is 34. The van der Waals surface area contributed by atoms with Crippen LogP contribution in [-0.4, -0.2) is 96.7 Å². The molecule has 0 aromatic heterocycles. The van der Waals surface area contributed by atoms with E-state index < -0.39 is 97.5 Å². The highest BCUT2D eigenvalue weighted by molar-refractivity contribution is 7.47. The Balaban J connectivity index is 5.10. The summed E-state index contributed by atoms with van der Waals surface area (Å²) >= 11 is 0. The van der Waals surface area contributed by atoms with Crippen LogP contribution in [0.5, 0.6) is 0 Å². The molecular formula is C62H120O17P2. The molecule has 5 atom stereocenters. The summed E-state index contributed by atoms with van der Waals surface area (Å²) < 4.78 is 67.5. The van der Waals surface area contributed by atoms with E-state index in [1.54, 1.807) is 0 Å². The molecule has 0 aliphatic rings. The fourth-order valence-electron chi connectivity index (χ4n) is 9.23. The zero-order valence-corrected chi connectivity index (χ0v) is 53.7. The van der Waals surface area contributed by atoms with Crippen molar-refractivity contribution in [3.63, 3.8) is 0 Å². The fraction of sp³-hybridized carbons (Fsp3) is 0.935. The minimum atomic E-state index is -4.94. The van der Waals surface area contributed by atoms with Gasteiger partial charge in [-0.25, -0.2) is 9.13 Å². The van der Waals surface area contributed by atoms with Crippen LogP contribution in [0.4, 0.5) is 0 Å². The van der Waals surface area contributed by atoms with E-state index >= 15 is 0 Å². The van der Waals surface area contributed by atoms with Crippen molar-refractivity contribution in [1.29, 1.82) is 0 Å². The van der Waals surface area contributed by atoms with Crippen molar-refractivity contribution in [1.82, 2.24) is 0 Å². The molecule has 0 amide bonds. The molecule has 0 aromatic carbocycles. The Bertz CT molecular complexity index is 1580. The van der Waals surface area contributed by atoms with Gasteiger partial charge in [0.25, 0.3) is 0 Å². The van der Waals surface area contributed by atoms with Crippen LogP contribution >= 0.6 is 15.6 Å². The Kier molecular flexibility index (Phi) is 54.6. The van der Waals surface area contributed by atoms with Crippen molar-refractivity contribution in [2.24, 2.45) is 5.92 Å². The van der Waals surface area contributed by atoms with Crippen molar-refractivity contribution >= 4 is 39.5 Å². The first-order valence-corrected chi connectivity index (χ1v) is 35.6. The second-order valence-corrected chi connectivity index (χ2v) is 25.8. The molecule has 3 N–H and O–H groups in total. The number of carbonyl (C=O) groups excluding carboxylic acids is 4. The number of esters is 4. The number of phosphoric acid groups is 2. The lowest BCUT2D eigenvalue weighted by atomic mass is 10.0. The lowest BCUT2D eigenvalue weighted by Gasteiger charge is -2.21. The number of ether oxygens (including phenoxy) is 4. The first-order chi connectivity index (χ1) is 39.0. The number of aliphatic hydroxyl groups excluding tert-OH is 1. The molecule has 480 valence electrons. The molecular weight excluding hydrogens is 1080 g/mol. The number of rotatable bonds is 62. The smallest absolute Gasteiger partial charge is 0.462 e. The van der Waals surface area contributed by atoms with Crippen molar-refractivity contribution in [3.05, 3.63) is 0 Å². The molecule has 2 unspecified atom stereocenters. The van der Waals surface area contributed by atoms with E-state index in [1.165, 1.54) is 128 Å². The average molecular weight is 1200 g/mol. The van der Waals surface area contributed by atoms with E-state index in [1.807, 2.05) is 0 Å². The summed E-state index contributed by atoms with van der Waals surface area (Å²) in [6, 6.07) is 0. The van der Waals surface area contributed by atoms with Crippen LogP contribution in [0, 0.1) is 5.92 Å². The van der Waals surface area contributed by atoms with Gasteiger partial charge in [-0.2, -0.15) is 0 Å². The second-order valence-electron chi connectivity index (χ2n) is 22.9. The summed E-state index contributed by atoms with van der Waals surface area (Å²) in [5.74, 6) is -1.36. The zero-order valence-electron chi connectivity index (χ0n) is 51.9. The van der Waals surface area contributed by atoms with Crippen LogP contribution in [-0.2, 0) is 65.4 Å². The molecule has 0 saturated carbocycles. The van der Waals surface area contributed by atoms with Crippen LogP contribution in [0.15, 0.2) is 0 Å². The average Bonchev–Trinajstić information content (AvgIpc) is 3.43. The van der Waals surface area contributed by atoms with Gasteiger partial charge in [-0.1, -0.05) is 259 Å². The third-order valence-corrected chi connectivity index (χ3v) is 16.2. The highest BCUT2D eigenvalue weighted by Crippen LogP contribution is 2.45. The lowest BCUT2D eigenvalue weighted by molar-refractivity contribution is -0.161. The second kappa shape index (κ2) is 55.9. The molecule has 0 aliphatic heterocycles. The maximum absolute atomic E-state index is 13.0. The van der Waals surface area contributed by atoms with Crippen molar-refractivity contribution < 1.29 is 80.2 Å². The van der Waals surface area contributed by atoms with Gasteiger partial charge in [0.2, 0.25) is 0 Å². The summed E-state index contributed by atoms with van der Waals surface area (Å²) in [4.78, 5) is 71.6. The summed E-state index contributed by atoms with van der Waals surface area (Å²) in [5.41, 5.74) is 0. The maximum Gasteiger partial charge on any atom is 0.472 e. The molecule has 0 fully saturated rings. The van der Waals surface area contributed by atoms with Gasteiger partial charge in [0.15, 0.2) is 12.2 Å². The van der Waals surface area contributed by atoms with Crippen LogP contribution in [0.3, 0.4) is 0 Å². The predicted octanol–water partition coefficient (Wildman–Crippen LogP) is 17.0. The van der Waals surface area contributed by atoms with E-state index in [4.69, 9.17) is 37.0 Å². The van der Waals surface area contributed by atoms with Gasteiger partial charge in [-0.05, 0) is 31.6 Å². The van der Waals surface area contributed by atoms with E-state index in [-0.39, 0.29) is 25.7 Å². The number of aliphatic hydroxyl groups is 1. The normalized spacial score (nSPS) is 14.3. The molecule has 0 aromatic rings. The monoisotopic (exact) mass is 1200 g/mol. The zero-order chi connectivity index (χ0) is 59.9. The largest absolute Gasteiger partial charge is 0.472 e. The molecule has 17 nitrogen and oxygen atoms in total. The SMILES string of the molecule is CCCCCCCCCCCCCCCCC(=O)OC[C@H](COP(=O)(O)OC[C@@H](O)COP(=O)(O)OC[C@@H](COC(=O)CCCCCCC)OC(=O)CCCCCCC)OC(=O)CCCCCCCCCCCCCCCCC(C)C. The molecule has 81 heavy (non-hydrogen) atoms. The van der Waals surface area contributed by atoms with Gasteiger partial charge < -0.3 is 33.8 Å². The Morgan fingerprint density at radius 2 is 0.568 bits per heavy atom. The standard InChI is InChI=1S/C62H120O17P2/c1-6-9-12-15-16-17-18-19-23-26-29-32-37-41-46-60(65)73-52-58(79-62(67)48-43-38-33-30-27-24-21-20-22-25-28-31-36-39-44-55(4)5)54-77-81(70,71)75-50-56(63)49-74-80(68,69)76-53-57(78-61(66)47-42-35-14-11-8-3)51-72-59(64)45-40-34-13-10-7-2/h55-58,63H,6-54H2,1-5H3,(H,68,69)(H,70,71)/t56-,57+,58+/m0/s1. The Hall–Kier alpha value is -1.94. The highest BCUT2D eigenvalue weighted by atomic mass is 31.2. The van der Waals surface area contributed by atoms with E-state index in [9.17, 15) is 43.2 Å². The van der Waals surface area contributed by atoms with Crippen molar-refractivity contribution in [2.45, 2.75) is 329 Å². The topological polar surface area (TPSA) is 237 Å². The summed E-state index contributed by atoms with van der Waals surface area (Å²) in [5, 5.41) is 10.5. The summed E-state index contributed by atoms with van der Waals surface area (Å²) in [6.07, 6.45) is 39.7. The first-order valence-electron chi connectivity index (χ1n) is 32.6. The van der Waals surface area contributed by atoms with Crippen LogP contribution in [0.2, 0.25) is 0 Å². The predicted molar refractivity (Wildman–Crippen MR) is 322 cm³/mol. The number of hydrogen-bond acceptors (Lipinski definition) is 15. The Morgan fingerprint density at radius 1 is 0.333 bits per heavy atom. The van der Waals surface area contributed by atoms with Gasteiger partial charge in [-0.3, -0.25) is 37.3 Å². The molecule has 0 heterocycles. The molecule has 0 bridgehead atoms. The molecule has 0 saturated heterocycles. The van der Waals surface area contributed by atoms with Crippen molar-refractivity contribution in [3.8, 4) is 0 Å². The van der Waals surface area contributed by atoms with Gasteiger partial charge in [0, 0.05) is 25.7 Å². The van der Waals surface area contributed by atoms with E-state index in [2.05, 4.69) is 34.6 Å². The van der Waals surface area contributed by atoms with Gasteiger partial charge in [-0.15, -0.1) is 0 Å². The summed E-state index contributed by atoms with van der Waals surface area (Å²) in [6.45, 7) is 7.02. The van der Waals surface area contributed by atoms with Crippen LogP contribution in [0.25, 0.3) is 0 Å². The van der Waals surface area contributed by atoms with Crippen molar-refractivity contribution in [2.75, 3.05) is 39.6 Å². The molecule has 0 aliphatic carbocycles. The minimum Gasteiger partial charge on any atom is -0.462 e. The van der Waals surface area contributed by atoms with Gasteiger partial charge >= 0.3 is 39.5 Å². The maximum atomic E-state index is 13.0. The van der Waals surface area contributed by atoms with Gasteiger partial charge in [0.1, 0.15) is 19.3 Å². The summed E-state index contributed by atoms with van der Waals surface area (Å²) in [7, 11) is -9.86. The van der Waals surface area contributed by atoms with Gasteiger partial charge in [0.05, 0.1) is 26.4 Å². The molecule has 0 rings (SSSR count). The van der Waals surface area contributed by atoms with Crippen LogP contribution < -0.4 is 0 Å². The number of hydrogen-bond donors (Lipinski definition) is 3. The molecule has 0 radical (unpaired) electrons. The highest BCUT2D eigenvalue weighted by Gasteiger charge is 2.30. The number of phosphoric ester groups is 2. The molecule has 19 heteroatoms.